The minimum Gasteiger partial charge on any atom is -0.374 e. The lowest BCUT2D eigenvalue weighted by Gasteiger charge is -2.33. The van der Waals surface area contributed by atoms with Gasteiger partial charge in [0.25, 0.3) is 0 Å². The Hall–Kier alpha value is -0.120. The molecule has 1 aliphatic carbocycles. The van der Waals surface area contributed by atoms with Crippen molar-refractivity contribution < 1.29 is 9.47 Å². The van der Waals surface area contributed by atoms with Crippen LogP contribution in [0.1, 0.15) is 57.8 Å². The van der Waals surface area contributed by atoms with Crippen molar-refractivity contribution in [2.45, 2.75) is 75.6 Å². The van der Waals surface area contributed by atoms with E-state index in [0.717, 1.165) is 19.7 Å². The topological polar surface area (TPSA) is 30.5 Å². The lowest BCUT2D eigenvalue weighted by atomic mass is 9.83. The molecule has 3 heteroatoms. The van der Waals surface area contributed by atoms with E-state index in [1.54, 1.807) is 0 Å². The predicted octanol–water partition coefficient (Wildman–Crippen LogP) is 2.64. The molecule has 2 atom stereocenters. The maximum Gasteiger partial charge on any atom is 0.0817 e. The zero-order valence-electron chi connectivity index (χ0n) is 11.5. The number of hydrogen-bond acceptors (Lipinski definition) is 3. The Morgan fingerprint density at radius 3 is 2.72 bits per heavy atom. The minimum atomic E-state index is 0.247. The van der Waals surface area contributed by atoms with E-state index in [1.807, 2.05) is 0 Å². The van der Waals surface area contributed by atoms with Gasteiger partial charge in [0.2, 0.25) is 0 Å². The third kappa shape index (κ3) is 3.06. The maximum absolute atomic E-state index is 6.34. The summed E-state index contributed by atoms with van der Waals surface area (Å²) in [6.45, 7) is 2.99. The van der Waals surface area contributed by atoms with Gasteiger partial charge in [-0.05, 0) is 45.1 Å². The van der Waals surface area contributed by atoms with Crippen molar-refractivity contribution in [3.05, 3.63) is 0 Å². The molecule has 104 valence electrons. The molecule has 0 aromatic rings. The van der Waals surface area contributed by atoms with Crippen molar-refractivity contribution in [2.24, 2.45) is 0 Å². The van der Waals surface area contributed by atoms with Crippen molar-refractivity contribution in [2.75, 3.05) is 19.7 Å². The van der Waals surface area contributed by atoms with Crippen LogP contribution in [0.15, 0.2) is 0 Å². The highest BCUT2D eigenvalue weighted by atomic mass is 16.6. The van der Waals surface area contributed by atoms with Crippen LogP contribution < -0.4 is 5.32 Å². The lowest BCUT2D eigenvalue weighted by molar-refractivity contribution is -0.100. The first-order valence-corrected chi connectivity index (χ1v) is 7.86. The molecular weight excluding hydrogens is 226 g/mol. The highest BCUT2D eigenvalue weighted by Crippen LogP contribution is 2.41. The molecule has 3 nitrogen and oxygen atoms in total. The molecule has 0 aromatic carbocycles. The van der Waals surface area contributed by atoms with Crippen molar-refractivity contribution in [3.63, 3.8) is 0 Å². The highest BCUT2D eigenvalue weighted by molar-refractivity contribution is 4.91. The molecule has 3 fully saturated rings. The Morgan fingerprint density at radius 2 is 1.94 bits per heavy atom. The molecule has 0 amide bonds. The first-order chi connectivity index (χ1) is 8.86. The molecule has 1 spiro atoms. The monoisotopic (exact) mass is 253 g/mol. The summed E-state index contributed by atoms with van der Waals surface area (Å²) in [6.07, 6.45) is 12.4. The van der Waals surface area contributed by atoms with Gasteiger partial charge in [0, 0.05) is 6.54 Å². The van der Waals surface area contributed by atoms with Gasteiger partial charge in [-0.25, -0.2) is 0 Å². The average molecular weight is 253 g/mol. The van der Waals surface area contributed by atoms with Crippen molar-refractivity contribution in [1.29, 1.82) is 0 Å². The second-order valence-corrected chi connectivity index (χ2v) is 6.32. The third-order valence-corrected chi connectivity index (χ3v) is 4.87. The van der Waals surface area contributed by atoms with E-state index in [9.17, 15) is 0 Å². The molecule has 3 aliphatic rings. The molecule has 1 N–H and O–H groups in total. The number of piperidine rings is 1. The van der Waals surface area contributed by atoms with Crippen LogP contribution in [0, 0.1) is 0 Å². The Labute approximate surface area is 111 Å². The number of nitrogens with one attached hydrogen (secondary N) is 1. The Bertz CT molecular complexity index is 257. The molecule has 0 bridgehead atoms. The van der Waals surface area contributed by atoms with Crippen molar-refractivity contribution >= 4 is 0 Å². The molecule has 0 radical (unpaired) electrons. The molecule has 2 heterocycles. The van der Waals surface area contributed by atoms with Crippen LogP contribution in [0.2, 0.25) is 0 Å². The maximum atomic E-state index is 6.34. The molecule has 2 aliphatic heterocycles. The van der Waals surface area contributed by atoms with Gasteiger partial charge in [-0.1, -0.05) is 19.3 Å². The van der Waals surface area contributed by atoms with Crippen LogP contribution in [0.3, 0.4) is 0 Å². The smallest absolute Gasteiger partial charge is 0.0817 e. The van der Waals surface area contributed by atoms with Crippen LogP contribution in [0.25, 0.3) is 0 Å². The van der Waals surface area contributed by atoms with E-state index in [2.05, 4.69) is 5.32 Å². The van der Waals surface area contributed by atoms with Crippen LogP contribution in [-0.4, -0.2) is 37.5 Å². The summed E-state index contributed by atoms with van der Waals surface area (Å²) in [4.78, 5) is 0. The summed E-state index contributed by atoms with van der Waals surface area (Å²) >= 11 is 0. The minimum absolute atomic E-state index is 0.247. The first-order valence-electron chi connectivity index (χ1n) is 7.86. The van der Waals surface area contributed by atoms with Crippen molar-refractivity contribution in [3.8, 4) is 0 Å². The summed E-state index contributed by atoms with van der Waals surface area (Å²) < 4.78 is 12.3. The molecule has 3 rings (SSSR count). The lowest BCUT2D eigenvalue weighted by Crippen LogP contribution is -2.37. The molecule has 1 saturated carbocycles. The second kappa shape index (κ2) is 5.89. The highest BCUT2D eigenvalue weighted by Gasteiger charge is 2.40. The fraction of sp³-hybridized carbons (Fsp3) is 1.00. The van der Waals surface area contributed by atoms with Crippen molar-refractivity contribution in [1.82, 2.24) is 5.32 Å². The van der Waals surface area contributed by atoms with E-state index in [1.165, 1.54) is 57.8 Å². The largest absolute Gasteiger partial charge is 0.374 e. The fourth-order valence-corrected chi connectivity index (χ4v) is 3.78. The standard InChI is InChI=1S/C15H27NO2/c1-2-7-15(8-3-1)9-6-14(18-15)12-17-13-5-4-10-16-11-13/h13-14,16H,1-12H2. The van der Waals surface area contributed by atoms with E-state index in [4.69, 9.17) is 9.47 Å². The molecule has 0 aromatic heterocycles. The third-order valence-electron chi connectivity index (χ3n) is 4.87. The van der Waals surface area contributed by atoms with Crippen LogP contribution >= 0.6 is 0 Å². The van der Waals surface area contributed by atoms with Gasteiger partial charge in [0.15, 0.2) is 0 Å². The molecule has 2 saturated heterocycles. The van der Waals surface area contributed by atoms with Gasteiger partial charge in [0.1, 0.15) is 0 Å². The Balaban J connectivity index is 1.41. The average Bonchev–Trinajstić information content (AvgIpc) is 2.82. The Morgan fingerprint density at radius 1 is 1.06 bits per heavy atom. The van der Waals surface area contributed by atoms with Crippen LogP contribution in [-0.2, 0) is 9.47 Å². The van der Waals surface area contributed by atoms with Gasteiger partial charge >= 0.3 is 0 Å². The molecule has 2 unspecified atom stereocenters. The summed E-state index contributed by atoms with van der Waals surface area (Å²) in [5.41, 5.74) is 0.247. The zero-order valence-corrected chi connectivity index (χ0v) is 11.5. The first kappa shape index (κ1) is 12.9. The normalized spacial score (nSPS) is 36.0. The molecule has 18 heavy (non-hydrogen) atoms. The van der Waals surface area contributed by atoms with Crippen LogP contribution in [0.5, 0.6) is 0 Å². The van der Waals surface area contributed by atoms with Crippen LogP contribution in [0.4, 0.5) is 0 Å². The summed E-state index contributed by atoms with van der Waals surface area (Å²) in [6, 6.07) is 0. The summed E-state index contributed by atoms with van der Waals surface area (Å²) in [7, 11) is 0. The van der Waals surface area contributed by atoms with Gasteiger partial charge in [-0.15, -0.1) is 0 Å². The van der Waals surface area contributed by atoms with E-state index >= 15 is 0 Å². The van der Waals surface area contributed by atoms with Gasteiger partial charge in [-0.3, -0.25) is 0 Å². The SMILES string of the molecule is C1CCC2(CC1)CCC(COC1CCCNC1)O2. The van der Waals surface area contributed by atoms with Gasteiger partial charge in [0.05, 0.1) is 24.4 Å². The quantitative estimate of drug-likeness (QED) is 0.838. The van der Waals surface area contributed by atoms with E-state index in [0.29, 0.717) is 12.2 Å². The van der Waals surface area contributed by atoms with E-state index < -0.39 is 0 Å². The summed E-state index contributed by atoms with van der Waals surface area (Å²) in [5, 5.41) is 3.40. The van der Waals surface area contributed by atoms with Gasteiger partial charge < -0.3 is 14.8 Å². The molecular formula is C15H27NO2. The zero-order chi connectivity index (χ0) is 12.3. The van der Waals surface area contributed by atoms with Gasteiger partial charge in [-0.2, -0.15) is 0 Å². The van der Waals surface area contributed by atoms with E-state index in [-0.39, 0.29) is 5.60 Å². The number of ether oxygens (including phenoxy) is 2. The number of rotatable bonds is 3. The Kier molecular flexibility index (Phi) is 4.22. The summed E-state index contributed by atoms with van der Waals surface area (Å²) in [5.74, 6) is 0. The number of hydrogen-bond donors (Lipinski definition) is 1. The fourth-order valence-electron chi connectivity index (χ4n) is 3.78. The predicted molar refractivity (Wildman–Crippen MR) is 71.8 cm³/mol. The second-order valence-electron chi connectivity index (χ2n) is 6.32.